The molecule has 0 aliphatic heterocycles. The van der Waals surface area contributed by atoms with Gasteiger partial charge in [-0.15, -0.1) is 0 Å². The van der Waals surface area contributed by atoms with Gasteiger partial charge in [-0.25, -0.2) is 21.1 Å². The summed E-state index contributed by atoms with van der Waals surface area (Å²) in [6.07, 6.45) is 0. The third-order valence-electron chi connectivity index (χ3n) is 2.02. The van der Waals surface area contributed by atoms with Gasteiger partial charge in [0, 0.05) is 0 Å². The predicted octanol–water partition coefficient (Wildman–Crippen LogP) is 2.64. The summed E-state index contributed by atoms with van der Waals surface area (Å²) in [6, 6.07) is 0.667. The van der Waals surface area contributed by atoms with Crippen LogP contribution in [0.25, 0.3) is 0 Å². The number of halogens is 5. The number of aryl methyl sites for hydroxylation is 1. The van der Waals surface area contributed by atoms with Crippen molar-refractivity contribution in [2.45, 2.75) is 13.8 Å². The van der Waals surface area contributed by atoms with E-state index in [9.17, 15) is 21.1 Å². The highest BCUT2D eigenvalue weighted by Gasteiger charge is 2.44. The molecule has 0 aromatic heterocycles. The zero-order chi connectivity index (χ0) is 11.1. The SMILES string of the molecule is Cc1cc([Si](F)(F)F)c(F)c(F)c1C. The van der Waals surface area contributed by atoms with Crippen molar-refractivity contribution in [1.29, 1.82) is 0 Å². The molecule has 1 aromatic carbocycles. The van der Waals surface area contributed by atoms with Crippen LogP contribution in [0.4, 0.5) is 21.1 Å². The lowest BCUT2D eigenvalue weighted by Gasteiger charge is -2.09. The summed E-state index contributed by atoms with van der Waals surface area (Å²) in [7, 11) is -6.28. The summed E-state index contributed by atoms with van der Waals surface area (Å²) in [5, 5.41) is -1.42. The first kappa shape index (κ1) is 11.2. The molecule has 0 amide bonds. The monoisotopic (exact) mass is 226 g/mol. The molecule has 6 heteroatoms. The van der Waals surface area contributed by atoms with Crippen molar-refractivity contribution in [2.24, 2.45) is 0 Å². The molecule has 0 N–H and O–H groups in total. The van der Waals surface area contributed by atoms with Crippen LogP contribution in [0.5, 0.6) is 0 Å². The maximum atomic E-state index is 12.9. The second kappa shape index (κ2) is 3.34. The highest BCUT2D eigenvalue weighted by Crippen LogP contribution is 2.18. The Morgan fingerprint density at radius 1 is 1.00 bits per heavy atom. The van der Waals surface area contributed by atoms with Crippen molar-refractivity contribution in [3.05, 3.63) is 28.8 Å². The molecular formula is C8H7F5Si. The molecule has 0 radical (unpaired) electrons. The van der Waals surface area contributed by atoms with Crippen molar-refractivity contribution in [1.82, 2.24) is 0 Å². The molecule has 0 heterocycles. The summed E-state index contributed by atoms with van der Waals surface area (Å²) >= 11 is 0. The summed E-state index contributed by atoms with van der Waals surface area (Å²) < 4.78 is 62.6. The first-order valence-corrected chi connectivity index (χ1v) is 5.41. The molecule has 0 nitrogen and oxygen atoms in total. The minimum Gasteiger partial charge on any atom is -0.234 e. The molecule has 1 rings (SSSR count). The highest BCUT2D eigenvalue weighted by atomic mass is 28.5. The van der Waals surface area contributed by atoms with Gasteiger partial charge in [-0.05, 0) is 31.0 Å². The first-order valence-electron chi connectivity index (χ1n) is 3.77. The van der Waals surface area contributed by atoms with Crippen molar-refractivity contribution in [3.63, 3.8) is 0 Å². The van der Waals surface area contributed by atoms with Crippen LogP contribution in [0.2, 0.25) is 0 Å². The Kier molecular flexibility index (Phi) is 2.66. The lowest BCUT2D eigenvalue weighted by atomic mass is 10.1. The molecule has 0 bridgehead atoms. The molecule has 0 atom stereocenters. The van der Waals surface area contributed by atoms with Gasteiger partial charge < -0.3 is 0 Å². The fourth-order valence-corrected chi connectivity index (χ4v) is 1.79. The summed E-state index contributed by atoms with van der Waals surface area (Å²) in [5.41, 5.74) is 0.0354. The van der Waals surface area contributed by atoms with Crippen molar-refractivity contribution >= 4 is 14.3 Å². The van der Waals surface area contributed by atoms with Gasteiger partial charge in [0.25, 0.3) is 0 Å². The second-order valence-corrected chi connectivity index (χ2v) is 4.53. The molecule has 0 unspecified atom stereocenters. The van der Waals surface area contributed by atoms with Crippen LogP contribution in [0.1, 0.15) is 11.1 Å². The van der Waals surface area contributed by atoms with Crippen LogP contribution in [0.3, 0.4) is 0 Å². The van der Waals surface area contributed by atoms with Gasteiger partial charge in [-0.1, -0.05) is 0 Å². The quantitative estimate of drug-likeness (QED) is 0.392. The summed E-state index contributed by atoms with van der Waals surface area (Å²) in [5.74, 6) is -3.17. The molecule has 14 heavy (non-hydrogen) atoms. The number of hydrogen-bond acceptors (Lipinski definition) is 0. The van der Waals surface area contributed by atoms with E-state index in [-0.39, 0.29) is 11.1 Å². The van der Waals surface area contributed by atoms with Gasteiger partial charge in [0.1, 0.15) is 0 Å². The highest BCUT2D eigenvalue weighted by molar-refractivity contribution is 6.73. The first-order chi connectivity index (χ1) is 6.25. The zero-order valence-electron chi connectivity index (χ0n) is 7.47. The standard InChI is InChI=1S/C8H7F5Si/c1-4-3-6(14(11,12)13)8(10)7(9)5(4)2/h3H,1-2H3. The normalized spacial score (nSPS) is 11.9. The van der Waals surface area contributed by atoms with E-state index in [1.807, 2.05) is 0 Å². The molecule has 0 spiro atoms. The van der Waals surface area contributed by atoms with Crippen LogP contribution in [0.15, 0.2) is 6.07 Å². The summed E-state index contributed by atoms with van der Waals surface area (Å²) in [4.78, 5) is 0. The van der Waals surface area contributed by atoms with Crippen molar-refractivity contribution in [2.75, 3.05) is 0 Å². The fraction of sp³-hybridized carbons (Fsp3) is 0.250. The van der Waals surface area contributed by atoms with E-state index in [0.29, 0.717) is 6.07 Å². The average molecular weight is 226 g/mol. The topological polar surface area (TPSA) is 0 Å². The maximum Gasteiger partial charge on any atom is 0.656 e. The van der Waals surface area contributed by atoms with E-state index >= 15 is 0 Å². The predicted molar refractivity (Wildman–Crippen MR) is 44.5 cm³/mol. The Morgan fingerprint density at radius 2 is 1.50 bits per heavy atom. The second-order valence-electron chi connectivity index (χ2n) is 2.99. The van der Waals surface area contributed by atoms with Gasteiger partial charge in [-0.2, -0.15) is 0 Å². The molecule has 1 aromatic rings. The Morgan fingerprint density at radius 3 is 1.93 bits per heavy atom. The maximum absolute atomic E-state index is 12.9. The lowest BCUT2D eigenvalue weighted by molar-refractivity contribution is 0.475. The Labute approximate surface area is 78.9 Å². The smallest absolute Gasteiger partial charge is 0.234 e. The van der Waals surface area contributed by atoms with Gasteiger partial charge in [-0.3, -0.25) is 0 Å². The van der Waals surface area contributed by atoms with Crippen molar-refractivity contribution in [3.8, 4) is 0 Å². The molecular weight excluding hydrogens is 219 g/mol. The molecule has 0 aliphatic carbocycles. The number of rotatable bonds is 1. The fourth-order valence-electron chi connectivity index (χ4n) is 1.05. The average Bonchev–Trinajstić information content (AvgIpc) is 2.06. The van der Waals surface area contributed by atoms with Crippen LogP contribution in [0, 0.1) is 25.5 Å². The van der Waals surface area contributed by atoms with Gasteiger partial charge in [0.15, 0.2) is 11.6 Å². The number of hydrogen-bond donors (Lipinski definition) is 0. The Bertz CT molecular complexity index is 369. The van der Waals surface area contributed by atoms with Crippen LogP contribution < -0.4 is 5.19 Å². The van der Waals surface area contributed by atoms with E-state index < -0.39 is 25.9 Å². The lowest BCUT2D eigenvalue weighted by Crippen LogP contribution is -2.38. The van der Waals surface area contributed by atoms with Crippen LogP contribution >= 0.6 is 0 Å². The van der Waals surface area contributed by atoms with Crippen LogP contribution in [-0.2, 0) is 0 Å². The minimum absolute atomic E-state index is 0.0792. The Balaban J connectivity index is 3.49. The van der Waals surface area contributed by atoms with Gasteiger partial charge in [0.2, 0.25) is 0 Å². The van der Waals surface area contributed by atoms with Crippen LogP contribution in [-0.4, -0.2) is 9.08 Å². The van der Waals surface area contributed by atoms with E-state index in [1.165, 1.54) is 13.8 Å². The number of benzene rings is 1. The summed E-state index contributed by atoms with van der Waals surface area (Å²) in [6.45, 7) is 2.57. The molecule has 0 saturated heterocycles. The molecule has 0 aliphatic rings. The molecule has 0 saturated carbocycles. The van der Waals surface area contributed by atoms with E-state index in [4.69, 9.17) is 0 Å². The largest absolute Gasteiger partial charge is 0.656 e. The minimum atomic E-state index is -6.28. The molecule has 0 fully saturated rings. The van der Waals surface area contributed by atoms with E-state index in [1.54, 1.807) is 0 Å². The third kappa shape index (κ3) is 1.79. The Hall–Kier alpha value is -0.913. The third-order valence-corrected chi connectivity index (χ3v) is 2.99. The van der Waals surface area contributed by atoms with Crippen molar-refractivity contribution < 1.29 is 21.1 Å². The molecule has 78 valence electrons. The van der Waals surface area contributed by atoms with E-state index in [2.05, 4.69) is 0 Å². The zero-order valence-corrected chi connectivity index (χ0v) is 8.47. The van der Waals surface area contributed by atoms with E-state index in [0.717, 1.165) is 0 Å². The van der Waals surface area contributed by atoms with Gasteiger partial charge in [0.05, 0.1) is 5.19 Å². The van der Waals surface area contributed by atoms with Gasteiger partial charge >= 0.3 is 9.08 Å².